The number of esters is 1. The van der Waals surface area contributed by atoms with E-state index in [1.165, 1.54) is 64.9 Å². The molecule has 2 saturated carbocycles. The highest BCUT2D eigenvalue weighted by atomic mass is 16.5. The molecule has 0 bridgehead atoms. The zero-order chi connectivity index (χ0) is 26.7. The van der Waals surface area contributed by atoms with Gasteiger partial charge in [0.1, 0.15) is 6.04 Å². The van der Waals surface area contributed by atoms with Crippen LogP contribution >= 0.6 is 0 Å². The molecule has 212 valence electrons. The summed E-state index contributed by atoms with van der Waals surface area (Å²) in [5, 5.41) is 16.2. The molecule has 1 atom stereocenters. The van der Waals surface area contributed by atoms with Gasteiger partial charge in [-0.05, 0) is 119 Å². The first-order chi connectivity index (χ1) is 18.6. The maximum atomic E-state index is 12.4. The van der Waals surface area contributed by atoms with Gasteiger partial charge in [-0.15, -0.1) is 0 Å². The maximum absolute atomic E-state index is 12.4. The number of hydroxylamine groups is 1. The Morgan fingerprint density at radius 3 is 2.03 bits per heavy atom. The Morgan fingerprint density at radius 2 is 1.45 bits per heavy atom. The summed E-state index contributed by atoms with van der Waals surface area (Å²) in [4.78, 5) is 26.3. The van der Waals surface area contributed by atoms with Crippen molar-refractivity contribution < 1.29 is 19.5 Å². The Bertz CT molecular complexity index is 858. The first-order valence-corrected chi connectivity index (χ1v) is 14.9. The number of amides is 1. The Morgan fingerprint density at radius 1 is 0.868 bits per heavy atom. The van der Waals surface area contributed by atoms with Crippen molar-refractivity contribution in [3.63, 3.8) is 0 Å². The predicted octanol–water partition coefficient (Wildman–Crippen LogP) is 4.13. The number of carbonyl (C=O) groups is 2. The van der Waals surface area contributed by atoms with Crippen LogP contribution < -0.4 is 21.0 Å². The fourth-order valence-electron chi connectivity index (χ4n) is 6.75. The topological polar surface area (TPSA) is 103 Å². The van der Waals surface area contributed by atoms with E-state index in [9.17, 15) is 9.59 Å². The van der Waals surface area contributed by atoms with Crippen molar-refractivity contribution in [3.05, 3.63) is 29.8 Å². The predicted molar refractivity (Wildman–Crippen MR) is 149 cm³/mol. The standard InChI is InChI=1S/C30H48N4O4/c1-38-30(36)28(25-5-3-2-4-6-25)32-21-23-9-7-22(8-10-23)19-31-20-24-15-17-34(18-16-24)27-13-11-26(12-14-27)29(35)33-37/h11-14,22-25,28,31-32,37H,2-10,15-21H2,1H3,(H,33,35)/t22?,23?,28-/m0/s1. The molecule has 1 amide bonds. The SMILES string of the molecule is COC(=O)[C@@H](NCC1CCC(CNCC2CCN(c3ccc(C(=O)NO)cc3)CC2)CC1)C1CCCCC1. The number of anilines is 1. The minimum Gasteiger partial charge on any atom is -0.468 e. The van der Waals surface area contributed by atoms with Crippen LogP contribution in [0.2, 0.25) is 0 Å². The lowest BCUT2D eigenvalue weighted by Crippen LogP contribution is -2.46. The molecule has 1 aliphatic heterocycles. The van der Waals surface area contributed by atoms with E-state index in [1.54, 1.807) is 17.6 Å². The lowest BCUT2D eigenvalue weighted by Gasteiger charge is -2.35. The van der Waals surface area contributed by atoms with E-state index in [0.29, 0.717) is 23.3 Å². The van der Waals surface area contributed by atoms with Crippen LogP contribution in [0.25, 0.3) is 0 Å². The highest BCUT2D eigenvalue weighted by Gasteiger charge is 2.31. The van der Waals surface area contributed by atoms with Crippen LogP contribution in [0, 0.1) is 23.7 Å². The second-order valence-corrected chi connectivity index (χ2v) is 11.8. The first-order valence-electron chi connectivity index (χ1n) is 14.9. The van der Waals surface area contributed by atoms with Crippen molar-refractivity contribution >= 4 is 17.6 Å². The number of hydrogen-bond acceptors (Lipinski definition) is 7. The van der Waals surface area contributed by atoms with E-state index in [-0.39, 0.29) is 12.0 Å². The quantitative estimate of drug-likeness (QED) is 0.195. The Hall–Kier alpha value is -2.16. The van der Waals surface area contributed by atoms with Crippen molar-refractivity contribution in [1.29, 1.82) is 0 Å². The van der Waals surface area contributed by atoms with E-state index in [0.717, 1.165) is 57.2 Å². The molecular formula is C30H48N4O4. The van der Waals surface area contributed by atoms with E-state index >= 15 is 0 Å². The molecule has 1 saturated heterocycles. The molecule has 4 rings (SSSR count). The molecule has 3 fully saturated rings. The second-order valence-electron chi connectivity index (χ2n) is 11.8. The van der Waals surface area contributed by atoms with Crippen LogP contribution in [0.4, 0.5) is 5.69 Å². The maximum Gasteiger partial charge on any atom is 0.323 e. The van der Waals surface area contributed by atoms with Crippen LogP contribution in [0.3, 0.4) is 0 Å². The van der Waals surface area contributed by atoms with E-state index in [1.807, 2.05) is 12.1 Å². The third kappa shape index (κ3) is 8.17. The monoisotopic (exact) mass is 528 g/mol. The molecule has 4 N–H and O–H groups in total. The first kappa shape index (κ1) is 28.8. The average molecular weight is 529 g/mol. The summed E-state index contributed by atoms with van der Waals surface area (Å²) in [6.07, 6.45) is 13.4. The van der Waals surface area contributed by atoms with Crippen molar-refractivity contribution in [3.8, 4) is 0 Å². The minimum absolute atomic E-state index is 0.0781. The Labute approximate surface area is 228 Å². The van der Waals surface area contributed by atoms with Crippen molar-refractivity contribution in [2.24, 2.45) is 23.7 Å². The summed E-state index contributed by atoms with van der Waals surface area (Å²) < 4.78 is 5.13. The number of nitrogens with zero attached hydrogens (tertiary/aromatic N) is 1. The number of benzene rings is 1. The number of carbonyl (C=O) groups excluding carboxylic acids is 2. The lowest BCUT2D eigenvalue weighted by molar-refractivity contribution is -0.145. The molecule has 0 unspecified atom stereocenters. The minimum atomic E-state index is -0.478. The van der Waals surface area contributed by atoms with Crippen molar-refractivity contribution in [1.82, 2.24) is 16.1 Å². The molecule has 1 aromatic rings. The van der Waals surface area contributed by atoms with Gasteiger partial charge in [0.2, 0.25) is 0 Å². The number of rotatable bonds is 11. The third-order valence-electron chi connectivity index (χ3n) is 9.25. The van der Waals surface area contributed by atoms with Crippen LogP contribution in [0.15, 0.2) is 24.3 Å². The summed E-state index contributed by atoms with van der Waals surface area (Å²) in [6, 6.07) is 7.31. The summed E-state index contributed by atoms with van der Waals surface area (Å²) in [6.45, 7) is 5.20. The summed E-state index contributed by atoms with van der Waals surface area (Å²) in [5.41, 5.74) is 3.28. The zero-order valence-corrected chi connectivity index (χ0v) is 23.1. The molecule has 3 aliphatic rings. The van der Waals surface area contributed by atoms with E-state index < -0.39 is 5.91 Å². The lowest BCUT2D eigenvalue weighted by atomic mass is 9.80. The highest BCUT2D eigenvalue weighted by molar-refractivity contribution is 5.93. The Kier molecular flexibility index (Phi) is 11.3. The van der Waals surface area contributed by atoms with Gasteiger partial charge in [-0.25, -0.2) is 5.48 Å². The van der Waals surface area contributed by atoms with Gasteiger partial charge < -0.3 is 20.3 Å². The molecule has 0 spiro atoms. The van der Waals surface area contributed by atoms with Gasteiger partial charge in [0.15, 0.2) is 0 Å². The smallest absolute Gasteiger partial charge is 0.323 e. The number of piperidine rings is 1. The van der Waals surface area contributed by atoms with Crippen LogP contribution in [0.5, 0.6) is 0 Å². The largest absolute Gasteiger partial charge is 0.468 e. The highest BCUT2D eigenvalue weighted by Crippen LogP contribution is 2.30. The number of ether oxygens (including phenoxy) is 1. The van der Waals surface area contributed by atoms with Crippen molar-refractivity contribution in [2.75, 3.05) is 44.7 Å². The summed E-state index contributed by atoms with van der Waals surface area (Å²) in [5.74, 6) is 2.01. The molecule has 0 radical (unpaired) electrons. The van der Waals surface area contributed by atoms with Crippen LogP contribution in [0.1, 0.15) is 81.0 Å². The Balaban J connectivity index is 1.09. The van der Waals surface area contributed by atoms with Gasteiger partial charge in [-0.2, -0.15) is 0 Å². The normalized spacial score (nSPS) is 24.1. The number of methoxy groups -OCH3 is 1. The fourth-order valence-corrected chi connectivity index (χ4v) is 6.75. The third-order valence-corrected chi connectivity index (χ3v) is 9.25. The van der Waals surface area contributed by atoms with Gasteiger partial charge in [-0.1, -0.05) is 19.3 Å². The average Bonchev–Trinajstić information content (AvgIpc) is 2.98. The van der Waals surface area contributed by atoms with Gasteiger partial charge in [0.25, 0.3) is 5.91 Å². The van der Waals surface area contributed by atoms with Crippen LogP contribution in [-0.2, 0) is 9.53 Å². The summed E-state index contributed by atoms with van der Waals surface area (Å²) in [7, 11) is 1.52. The van der Waals surface area contributed by atoms with Gasteiger partial charge in [-0.3, -0.25) is 14.8 Å². The molecule has 2 aliphatic carbocycles. The van der Waals surface area contributed by atoms with Gasteiger partial charge in [0.05, 0.1) is 7.11 Å². The van der Waals surface area contributed by atoms with Gasteiger partial charge >= 0.3 is 5.97 Å². The molecule has 8 heteroatoms. The van der Waals surface area contributed by atoms with Crippen LogP contribution in [-0.4, -0.2) is 63.0 Å². The second kappa shape index (κ2) is 14.8. The fraction of sp³-hybridized carbons (Fsp3) is 0.733. The number of nitrogens with one attached hydrogen (secondary N) is 3. The molecule has 38 heavy (non-hydrogen) atoms. The molecule has 8 nitrogen and oxygen atoms in total. The summed E-state index contributed by atoms with van der Waals surface area (Å²) >= 11 is 0. The molecule has 1 heterocycles. The van der Waals surface area contributed by atoms with E-state index in [4.69, 9.17) is 9.94 Å². The van der Waals surface area contributed by atoms with E-state index in [2.05, 4.69) is 15.5 Å². The van der Waals surface area contributed by atoms with Gasteiger partial charge in [0, 0.05) is 24.3 Å². The zero-order valence-electron chi connectivity index (χ0n) is 23.1. The van der Waals surface area contributed by atoms with Crippen molar-refractivity contribution in [2.45, 2.75) is 76.7 Å². The molecule has 1 aromatic carbocycles. The number of hydrogen-bond donors (Lipinski definition) is 4. The molecular weight excluding hydrogens is 480 g/mol. The molecule has 0 aromatic heterocycles.